The molecule has 1 aliphatic heterocycles. The molecule has 5 nitrogen and oxygen atoms in total. The Morgan fingerprint density at radius 2 is 1.76 bits per heavy atom. The number of carbonyl (C=O) groups excluding carboxylic acids is 2. The second kappa shape index (κ2) is 7.48. The van der Waals surface area contributed by atoms with Crippen molar-refractivity contribution in [2.75, 3.05) is 4.90 Å². The normalized spacial score (nSPS) is 15.7. The van der Waals surface area contributed by atoms with Crippen molar-refractivity contribution in [2.45, 2.75) is 13.8 Å². The van der Waals surface area contributed by atoms with E-state index in [2.05, 4.69) is 5.32 Å². The highest BCUT2D eigenvalue weighted by Crippen LogP contribution is 2.26. The molecule has 1 saturated heterocycles. The Morgan fingerprint density at radius 3 is 2.48 bits per heavy atom. The minimum atomic E-state index is -0.492. The number of nitrogens with one attached hydrogen (secondary N) is 1. The highest BCUT2D eigenvalue weighted by Gasteiger charge is 2.35. The second-order valence-corrected chi connectivity index (χ2v) is 7.32. The van der Waals surface area contributed by atoms with Gasteiger partial charge in [-0.1, -0.05) is 35.9 Å². The van der Waals surface area contributed by atoms with E-state index in [0.717, 1.165) is 22.4 Å². The summed E-state index contributed by atoms with van der Waals surface area (Å²) in [6.07, 6.45) is 5.35. The van der Waals surface area contributed by atoms with Crippen LogP contribution < -0.4 is 10.2 Å². The van der Waals surface area contributed by atoms with Gasteiger partial charge in [0.2, 0.25) is 0 Å². The fraction of sp³-hybridized carbons (Fsp3) is 0.0870. The van der Waals surface area contributed by atoms with Crippen LogP contribution in [0.4, 0.5) is 5.69 Å². The molecule has 0 atom stereocenters. The van der Waals surface area contributed by atoms with Crippen molar-refractivity contribution in [2.24, 2.45) is 0 Å². The number of benzene rings is 2. The molecule has 0 spiro atoms. The van der Waals surface area contributed by atoms with Crippen LogP contribution in [0.2, 0.25) is 0 Å². The highest BCUT2D eigenvalue weighted by atomic mass is 32.1. The first-order valence-electron chi connectivity index (χ1n) is 9.16. The van der Waals surface area contributed by atoms with Crippen LogP contribution in [0.3, 0.4) is 0 Å². The molecule has 3 aromatic rings. The van der Waals surface area contributed by atoms with Crippen molar-refractivity contribution in [3.8, 4) is 5.69 Å². The van der Waals surface area contributed by atoms with Crippen LogP contribution >= 0.6 is 12.2 Å². The number of hydrogen-bond donors (Lipinski definition) is 1. The zero-order valence-electron chi connectivity index (χ0n) is 16.0. The Bertz CT molecular complexity index is 1160. The van der Waals surface area contributed by atoms with E-state index in [9.17, 15) is 9.59 Å². The molecule has 1 N–H and O–H groups in total. The molecule has 0 unspecified atom stereocenters. The smallest absolute Gasteiger partial charge is 0.270 e. The van der Waals surface area contributed by atoms with Crippen molar-refractivity contribution >= 4 is 40.9 Å². The minimum absolute atomic E-state index is 0.0457. The maximum absolute atomic E-state index is 13.2. The minimum Gasteiger partial charge on any atom is -0.323 e. The average Bonchev–Trinajstić information content (AvgIpc) is 3.16. The number of hydrogen-bond acceptors (Lipinski definition) is 3. The molecule has 144 valence electrons. The number of aryl methyl sites for hydroxylation is 2. The van der Waals surface area contributed by atoms with Crippen molar-refractivity contribution in [1.29, 1.82) is 0 Å². The summed E-state index contributed by atoms with van der Waals surface area (Å²) >= 11 is 5.28. The topological polar surface area (TPSA) is 54.3 Å². The Hall–Kier alpha value is -3.51. The van der Waals surface area contributed by atoms with E-state index in [1.807, 2.05) is 85.4 Å². The summed E-state index contributed by atoms with van der Waals surface area (Å²) in [5.74, 6) is -0.924. The van der Waals surface area contributed by atoms with E-state index >= 15 is 0 Å². The molecule has 1 aromatic heterocycles. The predicted octanol–water partition coefficient (Wildman–Crippen LogP) is 3.93. The third kappa shape index (κ3) is 3.62. The first kappa shape index (κ1) is 18.8. The van der Waals surface area contributed by atoms with Crippen LogP contribution in [0.25, 0.3) is 11.8 Å². The maximum Gasteiger partial charge on any atom is 0.270 e. The van der Waals surface area contributed by atoms with E-state index in [4.69, 9.17) is 12.2 Å². The molecule has 2 aromatic carbocycles. The Kier molecular flexibility index (Phi) is 4.86. The lowest BCUT2D eigenvalue weighted by Crippen LogP contribution is -2.54. The number of para-hydroxylation sites is 1. The fourth-order valence-electron chi connectivity index (χ4n) is 3.36. The SMILES string of the molecule is Cc1ccc(N2C(=O)/C(=C\c3ccn(-c4ccccc4)c3)C(=O)NC2=S)c(C)c1. The lowest BCUT2D eigenvalue weighted by molar-refractivity contribution is -0.122. The molecule has 1 fully saturated rings. The number of nitrogens with zero attached hydrogens (tertiary/aromatic N) is 2. The lowest BCUT2D eigenvalue weighted by Gasteiger charge is -2.30. The summed E-state index contributed by atoms with van der Waals surface area (Å²) in [7, 11) is 0. The van der Waals surface area contributed by atoms with Gasteiger partial charge in [-0.3, -0.25) is 19.8 Å². The van der Waals surface area contributed by atoms with Gasteiger partial charge in [0, 0.05) is 18.1 Å². The van der Waals surface area contributed by atoms with E-state index in [-0.39, 0.29) is 10.7 Å². The third-order valence-electron chi connectivity index (χ3n) is 4.78. The first-order chi connectivity index (χ1) is 13.9. The van der Waals surface area contributed by atoms with Crippen molar-refractivity contribution in [3.05, 3.63) is 89.3 Å². The molecule has 0 bridgehead atoms. The Balaban J connectivity index is 1.70. The molecule has 29 heavy (non-hydrogen) atoms. The van der Waals surface area contributed by atoms with Crippen LogP contribution in [0.5, 0.6) is 0 Å². The largest absolute Gasteiger partial charge is 0.323 e. The molecule has 2 heterocycles. The zero-order chi connectivity index (χ0) is 20.5. The number of anilines is 1. The summed E-state index contributed by atoms with van der Waals surface area (Å²) in [5.41, 5.74) is 4.45. The maximum atomic E-state index is 13.2. The van der Waals surface area contributed by atoms with Gasteiger partial charge < -0.3 is 4.57 Å². The molecular weight excluding hydrogens is 382 g/mol. The van der Waals surface area contributed by atoms with Gasteiger partial charge in [-0.15, -0.1) is 0 Å². The van der Waals surface area contributed by atoms with E-state index < -0.39 is 11.8 Å². The monoisotopic (exact) mass is 401 g/mol. The summed E-state index contributed by atoms with van der Waals surface area (Å²) in [5, 5.41) is 2.72. The van der Waals surface area contributed by atoms with Gasteiger partial charge in [-0.05, 0) is 67.5 Å². The number of thiocarbonyl (C=S) groups is 1. The molecule has 0 aliphatic carbocycles. The first-order valence-corrected chi connectivity index (χ1v) is 9.57. The molecule has 4 rings (SSSR count). The van der Waals surface area contributed by atoms with Gasteiger partial charge in [-0.25, -0.2) is 0 Å². The Morgan fingerprint density at radius 1 is 1.00 bits per heavy atom. The van der Waals surface area contributed by atoms with E-state index in [1.165, 1.54) is 4.90 Å². The summed E-state index contributed by atoms with van der Waals surface area (Å²) in [4.78, 5) is 27.0. The summed E-state index contributed by atoms with van der Waals surface area (Å²) in [6, 6.07) is 17.4. The number of carbonyl (C=O) groups is 2. The molecule has 2 amide bonds. The number of amides is 2. The van der Waals surface area contributed by atoms with Gasteiger partial charge in [0.15, 0.2) is 5.11 Å². The summed E-state index contributed by atoms with van der Waals surface area (Å²) in [6.45, 7) is 3.90. The fourth-order valence-corrected chi connectivity index (χ4v) is 3.63. The van der Waals surface area contributed by atoms with E-state index in [0.29, 0.717) is 5.69 Å². The van der Waals surface area contributed by atoms with E-state index in [1.54, 1.807) is 6.08 Å². The van der Waals surface area contributed by atoms with Gasteiger partial charge in [0.25, 0.3) is 11.8 Å². The quantitative estimate of drug-likeness (QED) is 0.411. The second-order valence-electron chi connectivity index (χ2n) is 6.94. The van der Waals surface area contributed by atoms with Gasteiger partial charge in [0.05, 0.1) is 5.69 Å². The molecule has 0 radical (unpaired) electrons. The third-order valence-corrected chi connectivity index (χ3v) is 5.06. The number of aromatic nitrogens is 1. The van der Waals surface area contributed by atoms with Crippen molar-refractivity contribution in [1.82, 2.24) is 9.88 Å². The van der Waals surface area contributed by atoms with Crippen LogP contribution in [0, 0.1) is 13.8 Å². The average molecular weight is 401 g/mol. The predicted molar refractivity (Wildman–Crippen MR) is 118 cm³/mol. The standard InChI is InChI=1S/C23H19N3O2S/c1-15-8-9-20(16(2)12-15)26-22(28)19(21(27)24-23(26)29)13-17-10-11-25(14-17)18-6-4-3-5-7-18/h3-14H,1-2H3,(H,24,27,29)/b19-13-. The summed E-state index contributed by atoms with van der Waals surface area (Å²) < 4.78 is 1.93. The van der Waals surface area contributed by atoms with Crippen LogP contribution in [0.15, 0.2) is 72.6 Å². The van der Waals surface area contributed by atoms with Gasteiger partial charge >= 0.3 is 0 Å². The molecule has 1 aliphatic rings. The lowest BCUT2D eigenvalue weighted by atomic mass is 10.1. The molecule has 0 saturated carbocycles. The van der Waals surface area contributed by atoms with Crippen LogP contribution in [-0.4, -0.2) is 21.5 Å². The number of rotatable bonds is 3. The zero-order valence-corrected chi connectivity index (χ0v) is 16.9. The van der Waals surface area contributed by atoms with Gasteiger partial charge in [-0.2, -0.15) is 0 Å². The molecular formula is C23H19N3O2S. The van der Waals surface area contributed by atoms with Crippen LogP contribution in [0.1, 0.15) is 16.7 Å². The van der Waals surface area contributed by atoms with Gasteiger partial charge in [0.1, 0.15) is 5.57 Å². The molecule has 6 heteroatoms. The Labute approximate surface area is 174 Å². The van der Waals surface area contributed by atoms with Crippen molar-refractivity contribution in [3.63, 3.8) is 0 Å². The highest BCUT2D eigenvalue weighted by molar-refractivity contribution is 7.80. The van der Waals surface area contributed by atoms with Crippen molar-refractivity contribution < 1.29 is 9.59 Å². The van der Waals surface area contributed by atoms with Crippen LogP contribution in [-0.2, 0) is 9.59 Å².